The molecule has 0 saturated heterocycles. The van der Waals surface area contributed by atoms with Crippen LogP contribution in [0.1, 0.15) is 22.7 Å². The maximum Gasteiger partial charge on any atom is 0.0522 e. The first-order valence-corrected chi connectivity index (χ1v) is 6.34. The Bertz CT molecular complexity index is 519. The number of benzene rings is 1. The molecule has 1 aromatic heterocycles. The van der Waals surface area contributed by atoms with E-state index in [1.165, 1.54) is 11.1 Å². The van der Waals surface area contributed by atoms with Gasteiger partial charge in [-0.15, -0.1) is 0 Å². The van der Waals surface area contributed by atoms with Crippen LogP contribution in [0.3, 0.4) is 0 Å². The molecule has 0 aliphatic carbocycles. The molecule has 3 nitrogen and oxygen atoms in total. The quantitative estimate of drug-likeness (QED) is 0.946. The van der Waals surface area contributed by atoms with E-state index in [1.54, 1.807) is 4.68 Å². The van der Waals surface area contributed by atoms with Crippen molar-refractivity contribution in [2.24, 2.45) is 12.8 Å². The van der Waals surface area contributed by atoms with E-state index in [1.807, 2.05) is 25.5 Å². The highest BCUT2D eigenvalue weighted by Gasteiger charge is 2.09. The molecule has 0 radical (unpaired) electrons. The fourth-order valence-electron chi connectivity index (χ4n) is 1.85. The monoisotopic (exact) mass is 293 g/mol. The lowest BCUT2D eigenvalue weighted by Crippen LogP contribution is -2.13. The van der Waals surface area contributed by atoms with Gasteiger partial charge in [0, 0.05) is 23.8 Å². The summed E-state index contributed by atoms with van der Waals surface area (Å²) in [6.45, 7) is 2.07. The van der Waals surface area contributed by atoms with E-state index in [-0.39, 0.29) is 6.04 Å². The fourth-order valence-corrected chi connectivity index (χ4v) is 2.09. The van der Waals surface area contributed by atoms with E-state index in [0.717, 1.165) is 16.5 Å². The maximum absolute atomic E-state index is 6.20. The summed E-state index contributed by atoms with van der Waals surface area (Å²) in [7, 11) is 1.92. The number of hydrogen-bond donors (Lipinski definition) is 1. The van der Waals surface area contributed by atoms with Crippen LogP contribution in [0.4, 0.5) is 0 Å². The van der Waals surface area contributed by atoms with Crippen molar-refractivity contribution in [3.8, 4) is 0 Å². The standard InChI is InChI=1S/C13H16BrN3/c1-9-5-11(3-4-12(9)14)13(15)6-10-7-16-17(2)8-10/h3-5,7-8,13H,6,15H2,1-2H3. The second kappa shape index (κ2) is 5.02. The Balaban J connectivity index is 2.14. The molecule has 17 heavy (non-hydrogen) atoms. The van der Waals surface area contributed by atoms with Gasteiger partial charge in [-0.2, -0.15) is 5.10 Å². The van der Waals surface area contributed by atoms with Gasteiger partial charge >= 0.3 is 0 Å². The zero-order valence-corrected chi connectivity index (χ0v) is 11.6. The molecule has 2 rings (SSSR count). The Kier molecular flexibility index (Phi) is 3.64. The van der Waals surface area contributed by atoms with Gasteiger partial charge < -0.3 is 5.73 Å². The molecule has 90 valence electrons. The van der Waals surface area contributed by atoms with Crippen molar-refractivity contribution in [1.82, 2.24) is 9.78 Å². The second-order valence-electron chi connectivity index (χ2n) is 4.34. The van der Waals surface area contributed by atoms with E-state index < -0.39 is 0 Å². The minimum atomic E-state index is 0.0194. The number of nitrogens with zero attached hydrogens (tertiary/aromatic N) is 2. The van der Waals surface area contributed by atoms with E-state index in [9.17, 15) is 0 Å². The lowest BCUT2D eigenvalue weighted by Gasteiger charge is -2.12. The number of hydrogen-bond acceptors (Lipinski definition) is 2. The summed E-state index contributed by atoms with van der Waals surface area (Å²) in [6, 6.07) is 6.27. The van der Waals surface area contributed by atoms with Gasteiger partial charge in [0.1, 0.15) is 0 Å². The van der Waals surface area contributed by atoms with E-state index in [0.29, 0.717) is 0 Å². The Labute approximate surface area is 110 Å². The predicted octanol–water partition coefficient (Wildman–Crippen LogP) is 2.73. The Hall–Kier alpha value is -1.13. The van der Waals surface area contributed by atoms with Crippen molar-refractivity contribution in [3.05, 3.63) is 51.8 Å². The highest BCUT2D eigenvalue weighted by Crippen LogP contribution is 2.22. The van der Waals surface area contributed by atoms with Crippen LogP contribution in [0.15, 0.2) is 35.1 Å². The van der Waals surface area contributed by atoms with Gasteiger partial charge in [0.25, 0.3) is 0 Å². The van der Waals surface area contributed by atoms with Gasteiger partial charge in [0.15, 0.2) is 0 Å². The zero-order chi connectivity index (χ0) is 12.4. The molecule has 0 bridgehead atoms. The molecule has 1 atom stereocenters. The highest BCUT2D eigenvalue weighted by molar-refractivity contribution is 9.10. The van der Waals surface area contributed by atoms with Crippen LogP contribution in [-0.2, 0) is 13.5 Å². The SMILES string of the molecule is Cc1cc(C(N)Cc2cnn(C)c2)ccc1Br. The lowest BCUT2D eigenvalue weighted by molar-refractivity contribution is 0.718. The molecule has 0 saturated carbocycles. The number of aromatic nitrogens is 2. The summed E-state index contributed by atoms with van der Waals surface area (Å²) in [5.41, 5.74) is 9.74. The molecule has 2 N–H and O–H groups in total. The largest absolute Gasteiger partial charge is 0.324 e. The number of rotatable bonds is 3. The summed E-state index contributed by atoms with van der Waals surface area (Å²) >= 11 is 3.49. The molecule has 4 heteroatoms. The molecule has 0 spiro atoms. The maximum atomic E-state index is 6.20. The fraction of sp³-hybridized carbons (Fsp3) is 0.308. The Morgan fingerprint density at radius 3 is 2.82 bits per heavy atom. The predicted molar refractivity (Wildman–Crippen MR) is 72.7 cm³/mol. The molecule has 0 aliphatic heterocycles. The summed E-state index contributed by atoms with van der Waals surface area (Å²) in [6.07, 6.45) is 4.69. The van der Waals surface area contributed by atoms with Gasteiger partial charge in [0.05, 0.1) is 6.20 Å². The van der Waals surface area contributed by atoms with E-state index >= 15 is 0 Å². The smallest absolute Gasteiger partial charge is 0.0522 e. The van der Waals surface area contributed by atoms with Crippen molar-refractivity contribution in [3.63, 3.8) is 0 Å². The van der Waals surface area contributed by atoms with Gasteiger partial charge in [-0.3, -0.25) is 4.68 Å². The average Bonchev–Trinajstić information content (AvgIpc) is 2.68. The highest BCUT2D eigenvalue weighted by atomic mass is 79.9. The van der Waals surface area contributed by atoms with Crippen LogP contribution in [0.2, 0.25) is 0 Å². The second-order valence-corrected chi connectivity index (χ2v) is 5.20. The Morgan fingerprint density at radius 2 is 2.24 bits per heavy atom. The van der Waals surface area contributed by atoms with E-state index in [4.69, 9.17) is 5.73 Å². The molecule has 0 fully saturated rings. The molecule has 1 aromatic carbocycles. The summed E-state index contributed by atoms with van der Waals surface area (Å²) < 4.78 is 2.92. The van der Waals surface area contributed by atoms with Crippen molar-refractivity contribution in [2.45, 2.75) is 19.4 Å². The molecular weight excluding hydrogens is 278 g/mol. The zero-order valence-electron chi connectivity index (χ0n) is 10.0. The minimum absolute atomic E-state index is 0.0194. The van der Waals surface area contributed by atoms with Gasteiger partial charge in [-0.05, 0) is 36.1 Å². The minimum Gasteiger partial charge on any atom is -0.324 e. The van der Waals surface area contributed by atoms with Crippen LogP contribution >= 0.6 is 15.9 Å². The summed E-state index contributed by atoms with van der Waals surface area (Å²) in [5, 5.41) is 4.15. The lowest BCUT2D eigenvalue weighted by atomic mass is 10.0. The molecule has 0 aliphatic rings. The number of aryl methyl sites for hydroxylation is 2. The third kappa shape index (κ3) is 2.96. The number of nitrogens with two attached hydrogens (primary N) is 1. The first kappa shape index (κ1) is 12.3. The van der Waals surface area contributed by atoms with E-state index in [2.05, 4.69) is 40.1 Å². The average molecular weight is 294 g/mol. The normalized spacial score (nSPS) is 12.7. The van der Waals surface area contributed by atoms with Crippen LogP contribution in [-0.4, -0.2) is 9.78 Å². The van der Waals surface area contributed by atoms with Crippen LogP contribution in [0, 0.1) is 6.92 Å². The first-order chi connectivity index (χ1) is 8.06. The third-order valence-corrected chi connectivity index (χ3v) is 3.71. The first-order valence-electron chi connectivity index (χ1n) is 5.55. The van der Waals surface area contributed by atoms with Crippen molar-refractivity contribution in [1.29, 1.82) is 0 Å². The van der Waals surface area contributed by atoms with Gasteiger partial charge in [0.2, 0.25) is 0 Å². The van der Waals surface area contributed by atoms with Crippen LogP contribution in [0.5, 0.6) is 0 Å². The van der Waals surface area contributed by atoms with Crippen molar-refractivity contribution >= 4 is 15.9 Å². The molecule has 2 aromatic rings. The summed E-state index contributed by atoms with van der Waals surface area (Å²) in [5.74, 6) is 0. The topological polar surface area (TPSA) is 43.8 Å². The van der Waals surface area contributed by atoms with Gasteiger partial charge in [-0.1, -0.05) is 28.1 Å². The molecule has 0 amide bonds. The summed E-state index contributed by atoms with van der Waals surface area (Å²) in [4.78, 5) is 0. The molecule has 1 unspecified atom stereocenters. The van der Waals surface area contributed by atoms with Crippen LogP contribution in [0.25, 0.3) is 0 Å². The van der Waals surface area contributed by atoms with Gasteiger partial charge in [-0.25, -0.2) is 0 Å². The van der Waals surface area contributed by atoms with Crippen LogP contribution < -0.4 is 5.73 Å². The van der Waals surface area contributed by atoms with Crippen molar-refractivity contribution < 1.29 is 0 Å². The molecular formula is C13H16BrN3. The third-order valence-electron chi connectivity index (χ3n) is 2.82. The number of halogens is 1. The van der Waals surface area contributed by atoms with Crippen molar-refractivity contribution in [2.75, 3.05) is 0 Å². The Morgan fingerprint density at radius 1 is 1.47 bits per heavy atom. The molecule has 1 heterocycles.